The number of hydrogen-bond donors (Lipinski definition) is 2. The molecule has 6 nitrogen and oxygen atoms in total. The summed E-state index contributed by atoms with van der Waals surface area (Å²) >= 11 is 0. The van der Waals surface area contributed by atoms with Crippen molar-refractivity contribution in [3.63, 3.8) is 0 Å². The second-order valence-electron chi connectivity index (χ2n) is 4.62. The fourth-order valence-electron chi connectivity index (χ4n) is 1.98. The number of rotatable bonds is 4. The van der Waals surface area contributed by atoms with Crippen LogP contribution in [0.4, 0.5) is 0 Å². The largest absolute Gasteiger partial charge is 0.394 e. The average Bonchev–Trinajstić information content (AvgIpc) is 2.54. The van der Waals surface area contributed by atoms with Crippen molar-refractivity contribution in [1.82, 2.24) is 14.5 Å². The molecule has 96 valence electrons. The maximum absolute atomic E-state index is 12.2. The average molecular weight is 259 g/mol. The third-order valence-electron chi connectivity index (χ3n) is 3.44. The molecule has 0 unspecified atom stereocenters. The van der Waals surface area contributed by atoms with Crippen LogP contribution in [0.3, 0.4) is 0 Å². The lowest BCUT2D eigenvalue weighted by Gasteiger charge is -2.40. The molecule has 0 saturated heterocycles. The van der Waals surface area contributed by atoms with Gasteiger partial charge in [-0.05, 0) is 26.2 Å². The third-order valence-corrected chi connectivity index (χ3v) is 5.13. The Hall–Kier alpha value is -0.920. The number of hydrogen-bond acceptors (Lipinski definition) is 4. The summed E-state index contributed by atoms with van der Waals surface area (Å²) < 4.78 is 28.4. The van der Waals surface area contributed by atoms with Crippen molar-refractivity contribution in [3.8, 4) is 0 Å². The molecule has 0 bridgehead atoms. The minimum Gasteiger partial charge on any atom is -0.394 e. The summed E-state index contributed by atoms with van der Waals surface area (Å²) in [7, 11) is -1.90. The van der Waals surface area contributed by atoms with Crippen molar-refractivity contribution >= 4 is 10.0 Å². The first-order valence-electron chi connectivity index (χ1n) is 5.54. The van der Waals surface area contributed by atoms with Crippen molar-refractivity contribution in [1.29, 1.82) is 0 Å². The van der Waals surface area contributed by atoms with E-state index in [1.807, 2.05) is 0 Å². The van der Waals surface area contributed by atoms with Crippen LogP contribution in [-0.4, -0.2) is 35.5 Å². The van der Waals surface area contributed by atoms with E-state index >= 15 is 0 Å². The van der Waals surface area contributed by atoms with E-state index in [0.717, 1.165) is 6.42 Å². The van der Waals surface area contributed by atoms with Crippen LogP contribution < -0.4 is 4.72 Å². The molecular formula is C10H17N3O3S. The molecule has 1 saturated carbocycles. The second-order valence-corrected chi connectivity index (χ2v) is 6.27. The summed E-state index contributed by atoms with van der Waals surface area (Å²) in [5.41, 5.74) is -0.0777. The Morgan fingerprint density at radius 3 is 2.59 bits per heavy atom. The minimum atomic E-state index is -3.59. The van der Waals surface area contributed by atoms with Gasteiger partial charge in [-0.25, -0.2) is 13.1 Å². The number of sulfonamides is 1. The number of aliphatic hydroxyl groups is 1. The zero-order valence-electron chi connectivity index (χ0n) is 9.97. The predicted molar refractivity (Wildman–Crippen MR) is 61.9 cm³/mol. The Bertz CT molecular complexity index is 511. The topological polar surface area (TPSA) is 84.2 Å². The molecule has 0 amide bonds. The summed E-state index contributed by atoms with van der Waals surface area (Å²) in [5, 5.41) is 13.2. The highest BCUT2D eigenvalue weighted by atomic mass is 32.2. The first-order valence-corrected chi connectivity index (χ1v) is 7.02. The van der Waals surface area contributed by atoms with E-state index in [1.165, 1.54) is 10.9 Å². The number of aromatic nitrogens is 2. The van der Waals surface area contributed by atoms with Gasteiger partial charge in [0.2, 0.25) is 10.0 Å². The lowest BCUT2D eigenvalue weighted by molar-refractivity contribution is 0.110. The van der Waals surface area contributed by atoms with Gasteiger partial charge in [-0.1, -0.05) is 0 Å². The Morgan fingerprint density at radius 2 is 2.24 bits per heavy atom. The van der Waals surface area contributed by atoms with E-state index in [4.69, 9.17) is 0 Å². The van der Waals surface area contributed by atoms with Gasteiger partial charge in [0.25, 0.3) is 0 Å². The molecule has 7 heteroatoms. The smallest absolute Gasteiger partial charge is 0.244 e. The number of aliphatic hydroxyl groups excluding tert-OH is 1. The van der Waals surface area contributed by atoms with Gasteiger partial charge in [-0.15, -0.1) is 0 Å². The van der Waals surface area contributed by atoms with Crippen molar-refractivity contribution in [2.24, 2.45) is 7.05 Å². The third kappa shape index (κ3) is 2.10. The Balaban J connectivity index is 2.28. The highest BCUT2D eigenvalue weighted by Gasteiger charge is 2.40. The van der Waals surface area contributed by atoms with E-state index in [2.05, 4.69) is 9.82 Å². The van der Waals surface area contributed by atoms with E-state index in [-0.39, 0.29) is 11.5 Å². The summed E-state index contributed by atoms with van der Waals surface area (Å²) in [6, 6.07) is 0. The molecule has 0 aliphatic heterocycles. The predicted octanol–water partition coefficient (Wildman–Crippen LogP) is -0.0782. The molecular weight excluding hydrogens is 242 g/mol. The lowest BCUT2D eigenvalue weighted by Crippen LogP contribution is -2.56. The van der Waals surface area contributed by atoms with Crippen LogP contribution >= 0.6 is 0 Å². The molecule has 0 aromatic carbocycles. The Morgan fingerprint density at radius 1 is 1.59 bits per heavy atom. The van der Waals surface area contributed by atoms with Gasteiger partial charge in [0.05, 0.1) is 24.0 Å². The van der Waals surface area contributed by atoms with Crippen LogP contribution in [0.5, 0.6) is 0 Å². The molecule has 1 fully saturated rings. The van der Waals surface area contributed by atoms with E-state index in [0.29, 0.717) is 18.5 Å². The van der Waals surface area contributed by atoms with Crippen LogP contribution in [0.2, 0.25) is 0 Å². The SMILES string of the molecule is Cc1c(S(=O)(=O)NC2(CO)CCC2)cnn1C. The first-order chi connectivity index (χ1) is 7.90. The number of aryl methyl sites for hydroxylation is 1. The van der Waals surface area contributed by atoms with Crippen molar-refractivity contribution < 1.29 is 13.5 Å². The van der Waals surface area contributed by atoms with Gasteiger partial charge in [0.15, 0.2) is 0 Å². The van der Waals surface area contributed by atoms with Gasteiger partial charge in [-0.3, -0.25) is 4.68 Å². The zero-order valence-corrected chi connectivity index (χ0v) is 10.8. The van der Waals surface area contributed by atoms with Crippen LogP contribution in [0, 0.1) is 6.92 Å². The van der Waals surface area contributed by atoms with Gasteiger partial charge in [-0.2, -0.15) is 5.10 Å². The van der Waals surface area contributed by atoms with Crippen LogP contribution in [0.25, 0.3) is 0 Å². The summed E-state index contributed by atoms with van der Waals surface area (Å²) in [6.07, 6.45) is 3.64. The van der Waals surface area contributed by atoms with Crippen molar-refractivity contribution in [2.75, 3.05) is 6.61 Å². The molecule has 0 radical (unpaired) electrons. The van der Waals surface area contributed by atoms with Crippen molar-refractivity contribution in [3.05, 3.63) is 11.9 Å². The molecule has 1 heterocycles. The molecule has 0 spiro atoms. The van der Waals surface area contributed by atoms with Gasteiger partial charge in [0.1, 0.15) is 4.90 Å². The highest BCUT2D eigenvalue weighted by molar-refractivity contribution is 7.89. The van der Waals surface area contributed by atoms with Crippen molar-refractivity contribution in [2.45, 2.75) is 36.6 Å². The van der Waals surface area contributed by atoms with Crippen LogP contribution in [-0.2, 0) is 17.1 Å². The Labute approximate surface area is 101 Å². The molecule has 1 aromatic heterocycles. The van der Waals surface area contributed by atoms with Gasteiger partial charge in [0, 0.05) is 7.05 Å². The summed E-state index contributed by atoms with van der Waals surface area (Å²) in [6.45, 7) is 1.54. The monoisotopic (exact) mass is 259 g/mol. The zero-order chi connectivity index (χ0) is 12.7. The Kier molecular flexibility index (Phi) is 3.01. The molecule has 1 aliphatic rings. The molecule has 2 N–H and O–H groups in total. The van der Waals surface area contributed by atoms with E-state index in [1.54, 1.807) is 14.0 Å². The number of nitrogens with zero attached hydrogens (tertiary/aromatic N) is 2. The van der Waals surface area contributed by atoms with Crippen LogP contribution in [0.1, 0.15) is 25.0 Å². The number of nitrogens with one attached hydrogen (secondary N) is 1. The molecule has 17 heavy (non-hydrogen) atoms. The highest BCUT2D eigenvalue weighted by Crippen LogP contribution is 2.33. The normalized spacial score (nSPS) is 19.0. The summed E-state index contributed by atoms with van der Waals surface area (Å²) in [5.74, 6) is 0. The van der Waals surface area contributed by atoms with Crippen LogP contribution in [0.15, 0.2) is 11.1 Å². The summed E-state index contributed by atoms with van der Waals surface area (Å²) in [4.78, 5) is 0.180. The molecule has 1 aromatic rings. The molecule has 2 rings (SSSR count). The first kappa shape index (κ1) is 12.5. The maximum atomic E-state index is 12.2. The maximum Gasteiger partial charge on any atom is 0.244 e. The minimum absolute atomic E-state index is 0.161. The van der Waals surface area contributed by atoms with Gasteiger partial charge >= 0.3 is 0 Å². The fourth-order valence-corrected chi connectivity index (χ4v) is 3.63. The van der Waals surface area contributed by atoms with E-state index in [9.17, 15) is 13.5 Å². The molecule has 0 atom stereocenters. The quantitative estimate of drug-likeness (QED) is 0.792. The lowest BCUT2D eigenvalue weighted by atomic mass is 9.78. The molecule has 1 aliphatic carbocycles. The standard InChI is InChI=1S/C10H17N3O3S/c1-8-9(6-11-13(8)2)17(15,16)12-10(7-14)4-3-5-10/h6,12,14H,3-5,7H2,1-2H3. The fraction of sp³-hybridized carbons (Fsp3) is 0.700. The second kappa shape index (κ2) is 4.08. The van der Waals surface area contributed by atoms with Gasteiger partial charge < -0.3 is 5.11 Å². The van der Waals surface area contributed by atoms with E-state index < -0.39 is 15.6 Å².